The van der Waals surface area contributed by atoms with Gasteiger partial charge in [0, 0.05) is 30.6 Å². The molecule has 0 aliphatic carbocycles. The zero-order chi connectivity index (χ0) is 29.3. The summed E-state index contributed by atoms with van der Waals surface area (Å²) in [4.78, 5) is 48.5. The number of amides is 3. The van der Waals surface area contributed by atoms with E-state index in [2.05, 4.69) is 13.0 Å². The number of carbonyl (C=O) groups is 3. The van der Waals surface area contributed by atoms with Gasteiger partial charge in [-0.15, -0.1) is 11.8 Å². The number of benzene rings is 1. The lowest BCUT2D eigenvalue weighted by molar-refractivity contribution is -0.146. The van der Waals surface area contributed by atoms with Gasteiger partial charge >= 0.3 is 0 Å². The Hall–Kier alpha value is -2.78. The fourth-order valence-corrected chi connectivity index (χ4v) is 8.97. The third-order valence-electron chi connectivity index (χ3n) is 8.98. The Bertz CT molecular complexity index is 1200. The standard InChI is InChI=1S/C32H43N3O5S/c1-5-7-8-17-33-18-10-16-32-27(30(38)35(28(32)31(33)39)24(20-36)21(3)4)26-25(41-32)11-9-19-34(29(26)37)22-12-14-23(15-13-22)40-6-2/h9-16,21,24-28,36H,5-8,17-20H2,1-4H3/t24-,25-,26+,27-,28?,32-/m0/s1. The molecule has 6 atom stereocenters. The number of hydrogen-bond donors (Lipinski definition) is 1. The summed E-state index contributed by atoms with van der Waals surface area (Å²) in [7, 11) is 0. The van der Waals surface area contributed by atoms with E-state index >= 15 is 0 Å². The minimum atomic E-state index is -0.882. The number of fused-ring (bicyclic) bond motifs is 2. The van der Waals surface area contributed by atoms with Crippen LogP contribution in [-0.2, 0) is 14.4 Å². The summed E-state index contributed by atoms with van der Waals surface area (Å²) in [6.07, 6.45) is 11.1. The van der Waals surface area contributed by atoms with Crippen molar-refractivity contribution < 1.29 is 24.2 Å². The molecule has 0 bridgehead atoms. The van der Waals surface area contributed by atoms with Gasteiger partial charge in [0.05, 0.1) is 35.8 Å². The minimum absolute atomic E-state index is 0.0562. The lowest BCUT2D eigenvalue weighted by atomic mass is 9.78. The Kier molecular flexibility index (Phi) is 8.85. The smallest absolute Gasteiger partial charge is 0.247 e. The van der Waals surface area contributed by atoms with E-state index in [9.17, 15) is 19.5 Å². The lowest BCUT2D eigenvalue weighted by Crippen LogP contribution is -2.57. The Morgan fingerprint density at radius 3 is 2.44 bits per heavy atom. The maximum absolute atomic E-state index is 14.5. The van der Waals surface area contributed by atoms with E-state index in [1.165, 1.54) is 0 Å². The summed E-state index contributed by atoms with van der Waals surface area (Å²) in [5, 5.41) is 10.2. The van der Waals surface area contributed by atoms with E-state index < -0.39 is 28.7 Å². The maximum Gasteiger partial charge on any atom is 0.247 e. The fraction of sp³-hybridized carbons (Fsp3) is 0.594. The van der Waals surface area contributed by atoms with Crippen molar-refractivity contribution in [3.63, 3.8) is 0 Å². The molecule has 1 spiro atoms. The van der Waals surface area contributed by atoms with Crippen molar-refractivity contribution in [3.05, 3.63) is 48.6 Å². The third kappa shape index (κ3) is 5.09. The molecule has 1 N–H and O–H groups in total. The van der Waals surface area contributed by atoms with Gasteiger partial charge in [-0.05, 0) is 43.5 Å². The van der Waals surface area contributed by atoms with Crippen molar-refractivity contribution in [3.8, 4) is 5.75 Å². The van der Waals surface area contributed by atoms with Crippen LogP contribution in [0.5, 0.6) is 5.75 Å². The van der Waals surface area contributed by atoms with E-state index in [1.54, 1.807) is 21.6 Å². The summed E-state index contributed by atoms with van der Waals surface area (Å²) in [6, 6.07) is 6.19. The van der Waals surface area contributed by atoms with Gasteiger partial charge in [-0.1, -0.05) is 57.9 Å². The second kappa shape index (κ2) is 12.2. The Balaban J connectivity index is 1.55. The minimum Gasteiger partial charge on any atom is -0.494 e. The first-order valence-corrected chi connectivity index (χ1v) is 15.9. The van der Waals surface area contributed by atoms with Crippen molar-refractivity contribution in [1.82, 2.24) is 9.80 Å². The Labute approximate surface area is 247 Å². The molecule has 1 unspecified atom stereocenters. The van der Waals surface area contributed by atoms with Gasteiger partial charge in [0.2, 0.25) is 17.7 Å². The molecule has 222 valence electrons. The predicted octanol–water partition coefficient (Wildman–Crippen LogP) is 3.89. The predicted molar refractivity (Wildman–Crippen MR) is 162 cm³/mol. The normalized spacial score (nSPS) is 29.9. The summed E-state index contributed by atoms with van der Waals surface area (Å²) in [5.41, 5.74) is 0.749. The van der Waals surface area contributed by atoms with Crippen LogP contribution >= 0.6 is 11.8 Å². The zero-order valence-corrected chi connectivity index (χ0v) is 25.4. The van der Waals surface area contributed by atoms with E-state index in [0.717, 1.165) is 30.7 Å². The van der Waals surface area contributed by atoms with Crippen LogP contribution in [0, 0.1) is 17.8 Å². The van der Waals surface area contributed by atoms with Crippen LogP contribution in [0.15, 0.2) is 48.6 Å². The van der Waals surface area contributed by atoms with Gasteiger partial charge in [0.15, 0.2) is 0 Å². The van der Waals surface area contributed by atoms with Crippen LogP contribution in [0.4, 0.5) is 5.69 Å². The maximum atomic E-state index is 14.5. The monoisotopic (exact) mass is 581 g/mol. The molecule has 0 aromatic heterocycles. The molecule has 5 rings (SSSR count). The highest BCUT2D eigenvalue weighted by Crippen LogP contribution is 2.61. The summed E-state index contributed by atoms with van der Waals surface area (Å²) >= 11 is 1.58. The quantitative estimate of drug-likeness (QED) is 0.333. The highest BCUT2D eigenvalue weighted by molar-refractivity contribution is 8.02. The Morgan fingerprint density at radius 1 is 1.02 bits per heavy atom. The molecule has 4 aliphatic heterocycles. The molecule has 1 aromatic rings. The lowest BCUT2D eigenvalue weighted by Gasteiger charge is -2.39. The van der Waals surface area contributed by atoms with E-state index in [1.807, 2.05) is 68.2 Å². The SMILES string of the molecule is CCCCCN1CC=C[C@]23S[C@H]4C=CCN(c5ccc(OCC)cc5)C(=O)[C@H]4[C@H]2C(=O)N([C@@H](CO)C(C)C)C3C1=O. The van der Waals surface area contributed by atoms with Crippen LogP contribution in [0.2, 0.25) is 0 Å². The van der Waals surface area contributed by atoms with Gasteiger partial charge in [0.25, 0.3) is 0 Å². The van der Waals surface area contributed by atoms with E-state index in [-0.39, 0.29) is 35.5 Å². The van der Waals surface area contributed by atoms with Gasteiger partial charge in [-0.2, -0.15) is 0 Å². The fourth-order valence-electron chi connectivity index (χ4n) is 6.98. The molecule has 9 heteroatoms. The molecule has 4 aliphatic rings. The molecular formula is C32H43N3O5S. The van der Waals surface area contributed by atoms with Crippen molar-refractivity contribution >= 4 is 35.2 Å². The van der Waals surface area contributed by atoms with Crippen LogP contribution < -0.4 is 9.64 Å². The molecule has 4 heterocycles. The molecular weight excluding hydrogens is 538 g/mol. The highest BCUT2D eigenvalue weighted by Gasteiger charge is 2.71. The largest absolute Gasteiger partial charge is 0.494 e. The molecule has 2 fully saturated rings. The number of unbranched alkanes of at least 4 members (excludes halogenated alkanes) is 2. The highest BCUT2D eigenvalue weighted by atomic mass is 32.2. The topological polar surface area (TPSA) is 90.4 Å². The average Bonchev–Trinajstić information content (AvgIpc) is 3.27. The van der Waals surface area contributed by atoms with Gasteiger partial charge in [-0.25, -0.2) is 0 Å². The van der Waals surface area contributed by atoms with Crippen LogP contribution in [0.3, 0.4) is 0 Å². The summed E-state index contributed by atoms with van der Waals surface area (Å²) in [6.45, 7) is 9.84. The number of aliphatic hydroxyl groups excluding tert-OH is 1. The summed E-state index contributed by atoms with van der Waals surface area (Å²) in [5.74, 6) is -1.04. The number of rotatable bonds is 10. The van der Waals surface area contributed by atoms with Gasteiger partial charge in [0.1, 0.15) is 11.8 Å². The van der Waals surface area contributed by atoms with E-state index in [0.29, 0.717) is 26.2 Å². The molecule has 0 radical (unpaired) electrons. The van der Waals surface area contributed by atoms with Crippen molar-refractivity contribution in [1.29, 1.82) is 0 Å². The van der Waals surface area contributed by atoms with Crippen LogP contribution in [0.25, 0.3) is 0 Å². The molecule has 2 saturated heterocycles. The zero-order valence-electron chi connectivity index (χ0n) is 24.6. The molecule has 3 amide bonds. The van der Waals surface area contributed by atoms with Crippen molar-refractivity contribution in [2.45, 2.75) is 69.0 Å². The molecule has 1 aromatic carbocycles. The number of aliphatic hydroxyl groups is 1. The second-order valence-electron chi connectivity index (χ2n) is 11.8. The Morgan fingerprint density at radius 2 is 1.78 bits per heavy atom. The number of anilines is 1. The van der Waals surface area contributed by atoms with Crippen molar-refractivity contribution in [2.24, 2.45) is 17.8 Å². The first-order valence-electron chi connectivity index (χ1n) is 15.1. The first kappa shape index (κ1) is 29.7. The van der Waals surface area contributed by atoms with Gasteiger partial charge < -0.3 is 24.5 Å². The van der Waals surface area contributed by atoms with Crippen LogP contribution in [0.1, 0.15) is 47.0 Å². The number of hydrogen-bond acceptors (Lipinski definition) is 6. The molecule has 0 saturated carbocycles. The number of ether oxygens (including phenoxy) is 1. The number of carbonyl (C=O) groups excluding carboxylic acids is 3. The third-order valence-corrected chi connectivity index (χ3v) is 10.7. The second-order valence-corrected chi connectivity index (χ2v) is 13.3. The van der Waals surface area contributed by atoms with Crippen LogP contribution in [-0.4, -0.2) is 87.6 Å². The first-order chi connectivity index (χ1) is 19.8. The number of thioether (sulfide) groups is 1. The average molecular weight is 582 g/mol. The summed E-state index contributed by atoms with van der Waals surface area (Å²) < 4.78 is 4.71. The number of nitrogens with zero attached hydrogens (tertiary/aromatic N) is 3. The number of likely N-dealkylation sites (tertiary alicyclic amines) is 1. The molecule has 41 heavy (non-hydrogen) atoms. The van der Waals surface area contributed by atoms with Crippen molar-refractivity contribution in [2.75, 3.05) is 37.7 Å². The van der Waals surface area contributed by atoms with E-state index in [4.69, 9.17) is 4.74 Å². The van der Waals surface area contributed by atoms with Gasteiger partial charge in [-0.3, -0.25) is 14.4 Å². The molecule has 8 nitrogen and oxygen atoms in total.